The third-order valence-corrected chi connectivity index (χ3v) is 7.00. The summed E-state index contributed by atoms with van der Waals surface area (Å²) in [5, 5.41) is 0. The molecular formula is C22H29NO4S. The predicted octanol–water partition coefficient (Wildman–Crippen LogP) is 4.13. The fourth-order valence-electron chi connectivity index (χ4n) is 3.66. The molecule has 1 heterocycles. The summed E-state index contributed by atoms with van der Waals surface area (Å²) in [6, 6.07) is 15.4. The smallest absolute Gasteiger partial charge is 0.246 e. The van der Waals surface area contributed by atoms with E-state index in [2.05, 4.69) is 24.3 Å². The van der Waals surface area contributed by atoms with Crippen molar-refractivity contribution < 1.29 is 17.9 Å². The molecule has 0 spiro atoms. The van der Waals surface area contributed by atoms with Crippen LogP contribution in [-0.2, 0) is 16.4 Å². The molecule has 0 radical (unpaired) electrons. The van der Waals surface area contributed by atoms with E-state index in [4.69, 9.17) is 9.47 Å². The zero-order valence-corrected chi connectivity index (χ0v) is 17.5. The van der Waals surface area contributed by atoms with Gasteiger partial charge >= 0.3 is 0 Å². The second-order valence-corrected chi connectivity index (χ2v) is 8.92. The van der Waals surface area contributed by atoms with E-state index in [0.29, 0.717) is 43.7 Å². The molecule has 2 aromatic rings. The average Bonchev–Trinajstić information content (AvgIpc) is 2.71. The molecule has 0 saturated carbocycles. The lowest BCUT2D eigenvalue weighted by Gasteiger charge is -2.31. The van der Waals surface area contributed by atoms with Crippen molar-refractivity contribution in [1.29, 1.82) is 0 Å². The minimum atomic E-state index is -3.62. The van der Waals surface area contributed by atoms with E-state index in [1.165, 1.54) is 5.56 Å². The van der Waals surface area contributed by atoms with Crippen LogP contribution >= 0.6 is 0 Å². The van der Waals surface area contributed by atoms with Crippen molar-refractivity contribution in [3.05, 3.63) is 54.1 Å². The summed E-state index contributed by atoms with van der Waals surface area (Å²) in [4.78, 5) is 0.196. The van der Waals surface area contributed by atoms with Crippen molar-refractivity contribution in [2.75, 3.05) is 26.3 Å². The summed E-state index contributed by atoms with van der Waals surface area (Å²) in [6.07, 6.45) is 2.73. The number of sulfonamides is 1. The third-order valence-electron chi connectivity index (χ3n) is 5.08. The fraction of sp³-hybridized carbons (Fsp3) is 0.455. The molecule has 152 valence electrons. The minimum Gasteiger partial charge on any atom is -0.494 e. The minimum absolute atomic E-state index is 0.196. The number of hydrogen-bond donors (Lipinski definition) is 0. The van der Waals surface area contributed by atoms with Gasteiger partial charge in [-0.15, -0.1) is 0 Å². The number of hydrogen-bond acceptors (Lipinski definition) is 4. The van der Waals surface area contributed by atoms with Crippen LogP contribution in [-0.4, -0.2) is 39.0 Å². The Hall–Kier alpha value is -2.05. The van der Waals surface area contributed by atoms with Crippen molar-refractivity contribution in [3.8, 4) is 11.5 Å². The molecule has 0 unspecified atom stereocenters. The lowest BCUT2D eigenvalue weighted by atomic mass is 9.91. The van der Waals surface area contributed by atoms with E-state index in [1.54, 1.807) is 22.5 Å². The topological polar surface area (TPSA) is 55.8 Å². The molecular weight excluding hydrogens is 374 g/mol. The van der Waals surface area contributed by atoms with E-state index < -0.39 is 10.0 Å². The van der Waals surface area contributed by atoms with Crippen LogP contribution in [0, 0.1) is 5.92 Å². The quantitative estimate of drug-likeness (QED) is 0.665. The van der Waals surface area contributed by atoms with E-state index in [9.17, 15) is 8.42 Å². The van der Waals surface area contributed by atoms with E-state index in [1.807, 2.05) is 19.9 Å². The Morgan fingerprint density at radius 1 is 0.964 bits per heavy atom. The van der Waals surface area contributed by atoms with E-state index >= 15 is 0 Å². The molecule has 28 heavy (non-hydrogen) atoms. The van der Waals surface area contributed by atoms with Gasteiger partial charge < -0.3 is 9.47 Å². The first-order valence-electron chi connectivity index (χ1n) is 9.98. The molecule has 0 amide bonds. The monoisotopic (exact) mass is 403 g/mol. The lowest BCUT2D eigenvalue weighted by Crippen LogP contribution is -2.39. The van der Waals surface area contributed by atoms with Gasteiger partial charge in [0.05, 0.1) is 13.2 Å². The largest absolute Gasteiger partial charge is 0.494 e. The summed E-state index contributed by atoms with van der Waals surface area (Å²) >= 11 is 0. The number of piperidine rings is 1. The van der Waals surface area contributed by atoms with Crippen LogP contribution in [0.1, 0.15) is 32.3 Å². The molecule has 1 aliphatic rings. The van der Waals surface area contributed by atoms with Gasteiger partial charge in [-0.1, -0.05) is 30.3 Å². The number of benzene rings is 2. The molecule has 5 nitrogen and oxygen atoms in total. The van der Waals surface area contributed by atoms with Gasteiger partial charge in [-0.2, -0.15) is 4.31 Å². The molecule has 0 aliphatic carbocycles. The first-order chi connectivity index (χ1) is 13.5. The molecule has 6 heteroatoms. The molecule has 0 N–H and O–H groups in total. The van der Waals surface area contributed by atoms with Crippen molar-refractivity contribution in [2.45, 2.75) is 38.0 Å². The van der Waals surface area contributed by atoms with Crippen LogP contribution in [0.15, 0.2) is 53.4 Å². The SMILES string of the molecule is CCOc1ccc(OCC)c(S(=O)(=O)N2CCC(Cc3ccccc3)CC2)c1. The summed E-state index contributed by atoms with van der Waals surface area (Å²) in [6.45, 7) is 5.69. The molecule has 0 bridgehead atoms. The van der Waals surface area contributed by atoms with E-state index in [-0.39, 0.29) is 4.90 Å². The van der Waals surface area contributed by atoms with Crippen molar-refractivity contribution in [2.24, 2.45) is 5.92 Å². The molecule has 3 rings (SSSR count). The Bertz CT molecular complexity index is 859. The maximum atomic E-state index is 13.3. The van der Waals surface area contributed by atoms with Crippen molar-refractivity contribution >= 4 is 10.0 Å². The highest BCUT2D eigenvalue weighted by Crippen LogP contribution is 2.33. The van der Waals surface area contributed by atoms with Crippen LogP contribution in [0.25, 0.3) is 0 Å². The molecule has 0 atom stereocenters. The molecule has 1 aliphatic heterocycles. The summed E-state index contributed by atoms with van der Waals surface area (Å²) in [5.74, 6) is 1.44. The van der Waals surface area contributed by atoms with Crippen LogP contribution < -0.4 is 9.47 Å². The fourth-order valence-corrected chi connectivity index (χ4v) is 5.28. The Balaban J connectivity index is 1.73. The number of rotatable bonds is 8. The average molecular weight is 404 g/mol. The zero-order chi connectivity index (χ0) is 20.0. The lowest BCUT2D eigenvalue weighted by molar-refractivity contribution is 0.270. The predicted molar refractivity (Wildman–Crippen MR) is 110 cm³/mol. The van der Waals surface area contributed by atoms with Crippen LogP contribution in [0.4, 0.5) is 0 Å². The Kier molecular flexibility index (Phi) is 6.97. The Morgan fingerprint density at radius 2 is 1.64 bits per heavy atom. The third kappa shape index (κ3) is 4.86. The molecule has 1 saturated heterocycles. The zero-order valence-electron chi connectivity index (χ0n) is 16.6. The van der Waals surface area contributed by atoms with Crippen molar-refractivity contribution in [1.82, 2.24) is 4.31 Å². The second kappa shape index (κ2) is 9.43. The second-order valence-electron chi connectivity index (χ2n) is 7.01. The van der Waals surface area contributed by atoms with Crippen LogP contribution in [0.5, 0.6) is 11.5 Å². The van der Waals surface area contributed by atoms with Gasteiger partial charge in [-0.25, -0.2) is 8.42 Å². The highest BCUT2D eigenvalue weighted by atomic mass is 32.2. The van der Waals surface area contributed by atoms with Gasteiger partial charge in [0.2, 0.25) is 10.0 Å². The number of ether oxygens (including phenoxy) is 2. The maximum Gasteiger partial charge on any atom is 0.246 e. The van der Waals surface area contributed by atoms with Gasteiger partial charge in [0.25, 0.3) is 0 Å². The van der Waals surface area contributed by atoms with Gasteiger partial charge in [0, 0.05) is 19.2 Å². The Labute approximate surface area is 168 Å². The summed E-state index contributed by atoms with van der Waals surface area (Å²) < 4.78 is 39.3. The molecule has 1 fully saturated rings. The van der Waals surface area contributed by atoms with Crippen LogP contribution in [0.2, 0.25) is 0 Å². The van der Waals surface area contributed by atoms with E-state index in [0.717, 1.165) is 19.3 Å². The highest BCUT2D eigenvalue weighted by Gasteiger charge is 2.32. The maximum absolute atomic E-state index is 13.3. The van der Waals surface area contributed by atoms with Gasteiger partial charge in [0.1, 0.15) is 16.4 Å². The van der Waals surface area contributed by atoms with Gasteiger partial charge in [-0.05, 0) is 56.7 Å². The molecule has 0 aromatic heterocycles. The Morgan fingerprint density at radius 3 is 2.29 bits per heavy atom. The standard InChI is InChI=1S/C22H29NO4S/c1-3-26-20-10-11-21(27-4-2)22(17-20)28(24,25)23-14-12-19(13-15-23)16-18-8-6-5-7-9-18/h5-11,17,19H,3-4,12-16H2,1-2H3. The van der Waals surface area contributed by atoms with Crippen LogP contribution in [0.3, 0.4) is 0 Å². The van der Waals surface area contributed by atoms with Gasteiger partial charge in [-0.3, -0.25) is 0 Å². The number of nitrogens with zero attached hydrogens (tertiary/aromatic N) is 1. The van der Waals surface area contributed by atoms with Crippen molar-refractivity contribution in [3.63, 3.8) is 0 Å². The van der Waals surface area contributed by atoms with Gasteiger partial charge in [0.15, 0.2) is 0 Å². The normalized spacial score (nSPS) is 16.1. The summed E-state index contributed by atoms with van der Waals surface area (Å²) in [7, 11) is -3.62. The summed E-state index contributed by atoms with van der Waals surface area (Å²) in [5.41, 5.74) is 1.31. The first-order valence-corrected chi connectivity index (χ1v) is 11.4. The first kappa shape index (κ1) is 20.7. The highest BCUT2D eigenvalue weighted by molar-refractivity contribution is 7.89. The molecule has 2 aromatic carbocycles.